The largest absolute Gasteiger partial charge is 0.497 e. The van der Waals surface area contributed by atoms with Crippen LogP contribution in [0.15, 0.2) is 24.3 Å². The quantitative estimate of drug-likeness (QED) is 0.860. The van der Waals surface area contributed by atoms with Crippen molar-refractivity contribution in [2.45, 2.75) is 38.8 Å². The lowest BCUT2D eigenvalue weighted by Gasteiger charge is -2.30. The maximum atomic E-state index is 11.7. The number of carbonyl (C=O) groups is 1. The molecule has 0 bridgehead atoms. The second-order valence-electron chi connectivity index (χ2n) is 6.57. The Morgan fingerprint density at radius 3 is 2.95 bits per heavy atom. The maximum Gasteiger partial charge on any atom is 0.219 e. The van der Waals surface area contributed by atoms with Gasteiger partial charge in [-0.1, -0.05) is 18.6 Å². The standard InChI is InChI=1S/C18H26N2O2/c1-14(21)20-12-16-7-3-4-9-19(18(16)13-20)11-15-6-5-8-17(10-15)22-2/h5-6,8,10,16,18H,3-4,7,9,11-13H2,1-2H3/t16-,18+/m0/s1. The molecule has 0 aliphatic carbocycles. The van der Waals surface area contributed by atoms with Crippen molar-refractivity contribution in [3.8, 4) is 5.75 Å². The first-order valence-electron chi connectivity index (χ1n) is 8.30. The van der Waals surface area contributed by atoms with Crippen LogP contribution in [0.25, 0.3) is 0 Å². The van der Waals surface area contributed by atoms with E-state index in [9.17, 15) is 4.79 Å². The number of nitrogens with zero attached hydrogens (tertiary/aromatic N) is 2. The highest BCUT2D eigenvalue weighted by Crippen LogP contribution is 2.31. The van der Waals surface area contributed by atoms with Crippen LogP contribution in [0.3, 0.4) is 0 Å². The smallest absolute Gasteiger partial charge is 0.219 e. The third-order valence-corrected chi connectivity index (χ3v) is 5.11. The van der Waals surface area contributed by atoms with E-state index in [0.717, 1.165) is 31.9 Å². The van der Waals surface area contributed by atoms with Gasteiger partial charge < -0.3 is 9.64 Å². The molecule has 1 aromatic rings. The van der Waals surface area contributed by atoms with Crippen LogP contribution >= 0.6 is 0 Å². The molecule has 0 radical (unpaired) electrons. The van der Waals surface area contributed by atoms with Gasteiger partial charge in [-0.25, -0.2) is 0 Å². The minimum atomic E-state index is 0.217. The number of hydrogen-bond donors (Lipinski definition) is 0. The van der Waals surface area contributed by atoms with Crippen LogP contribution in [-0.4, -0.2) is 48.5 Å². The molecular formula is C18H26N2O2. The van der Waals surface area contributed by atoms with Gasteiger partial charge in [0.15, 0.2) is 0 Å². The minimum Gasteiger partial charge on any atom is -0.497 e. The normalized spacial score (nSPS) is 25.6. The summed E-state index contributed by atoms with van der Waals surface area (Å²) in [7, 11) is 1.71. The number of likely N-dealkylation sites (tertiary alicyclic amines) is 2. The highest BCUT2D eigenvalue weighted by Gasteiger charge is 2.38. The van der Waals surface area contributed by atoms with Gasteiger partial charge in [0.25, 0.3) is 0 Å². The van der Waals surface area contributed by atoms with Gasteiger partial charge in [-0.3, -0.25) is 9.69 Å². The molecule has 1 amide bonds. The van der Waals surface area contributed by atoms with Crippen LogP contribution in [0, 0.1) is 5.92 Å². The summed E-state index contributed by atoms with van der Waals surface area (Å²) in [6, 6.07) is 8.84. The molecule has 22 heavy (non-hydrogen) atoms. The highest BCUT2D eigenvalue weighted by molar-refractivity contribution is 5.73. The van der Waals surface area contributed by atoms with Crippen molar-refractivity contribution >= 4 is 5.91 Å². The second kappa shape index (κ2) is 6.69. The maximum absolute atomic E-state index is 11.7. The van der Waals surface area contributed by atoms with E-state index in [1.54, 1.807) is 14.0 Å². The molecule has 2 aliphatic rings. The number of rotatable bonds is 3. The zero-order valence-electron chi connectivity index (χ0n) is 13.6. The Hall–Kier alpha value is -1.55. The van der Waals surface area contributed by atoms with E-state index in [1.165, 1.54) is 24.8 Å². The van der Waals surface area contributed by atoms with Gasteiger partial charge >= 0.3 is 0 Å². The summed E-state index contributed by atoms with van der Waals surface area (Å²) in [5, 5.41) is 0. The summed E-state index contributed by atoms with van der Waals surface area (Å²) < 4.78 is 5.33. The molecular weight excluding hydrogens is 276 g/mol. The summed E-state index contributed by atoms with van der Waals surface area (Å²) in [5.41, 5.74) is 1.29. The van der Waals surface area contributed by atoms with E-state index < -0.39 is 0 Å². The molecule has 2 saturated heterocycles. The molecule has 0 aromatic heterocycles. The van der Waals surface area contributed by atoms with E-state index in [2.05, 4.69) is 23.1 Å². The van der Waals surface area contributed by atoms with Gasteiger partial charge in [-0.05, 0) is 43.0 Å². The van der Waals surface area contributed by atoms with Crippen molar-refractivity contribution in [2.75, 3.05) is 26.7 Å². The first-order valence-corrected chi connectivity index (χ1v) is 8.30. The Bertz CT molecular complexity index is 532. The zero-order valence-corrected chi connectivity index (χ0v) is 13.6. The van der Waals surface area contributed by atoms with E-state index in [0.29, 0.717) is 12.0 Å². The topological polar surface area (TPSA) is 32.8 Å². The van der Waals surface area contributed by atoms with Gasteiger partial charge in [0.1, 0.15) is 5.75 Å². The van der Waals surface area contributed by atoms with Crippen molar-refractivity contribution in [2.24, 2.45) is 5.92 Å². The van der Waals surface area contributed by atoms with Crippen LogP contribution in [0.1, 0.15) is 31.7 Å². The molecule has 120 valence electrons. The first-order chi connectivity index (χ1) is 10.7. The molecule has 0 N–H and O–H groups in total. The molecule has 2 aliphatic heterocycles. The molecule has 0 unspecified atom stereocenters. The fourth-order valence-electron chi connectivity index (χ4n) is 3.90. The van der Waals surface area contributed by atoms with Gasteiger partial charge in [0.05, 0.1) is 7.11 Å². The summed E-state index contributed by atoms with van der Waals surface area (Å²) in [6.45, 7) is 5.60. The van der Waals surface area contributed by atoms with Gasteiger partial charge in [0, 0.05) is 32.6 Å². The van der Waals surface area contributed by atoms with Crippen molar-refractivity contribution in [1.82, 2.24) is 9.80 Å². The van der Waals surface area contributed by atoms with Crippen LogP contribution in [0.4, 0.5) is 0 Å². The molecule has 0 spiro atoms. The molecule has 2 atom stereocenters. The van der Waals surface area contributed by atoms with Crippen LogP contribution < -0.4 is 4.74 Å². The third kappa shape index (κ3) is 3.27. The van der Waals surface area contributed by atoms with E-state index in [-0.39, 0.29) is 5.91 Å². The molecule has 2 fully saturated rings. The number of carbonyl (C=O) groups excluding carboxylic acids is 1. The molecule has 1 aromatic carbocycles. The molecule has 0 saturated carbocycles. The summed E-state index contributed by atoms with van der Waals surface area (Å²) in [4.78, 5) is 16.3. The predicted octanol–water partition coefficient (Wildman–Crippen LogP) is 2.53. The lowest BCUT2D eigenvalue weighted by atomic mass is 9.98. The Morgan fingerprint density at radius 1 is 1.32 bits per heavy atom. The van der Waals surface area contributed by atoms with Gasteiger partial charge in [-0.2, -0.15) is 0 Å². The third-order valence-electron chi connectivity index (χ3n) is 5.11. The number of benzene rings is 1. The lowest BCUT2D eigenvalue weighted by molar-refractivity contribution is -0.128. The number of methoxy groups -OCH3 is 1. The number of fused-ring (bicyclic) bond motifs is 1. The van der Waals surface area contributed by atoms with Gasteiger partial charge in [0.2, 0.25) is 5.91 Å². The second-order valence-corrected chi connectivity index (χ2v) is 6.57. The van der Waals surface area contributed by atoms with Crippen molar-refractivity contribution < 1.29 is 9.53 Å². The number of amides is 1. The van der Waals surface area contributed by atoms with Crippen molar-refractivity contribution in [1.29, 1.82) is 0 Å². The van der Waals surface area contributed by atoms with Crippen LogP contribution in [-0.2, 0) is 11.3 Å². The predicted molar refractivity (Wildman–Crippen MR) is 86.8 cm³/mol. The average Bonchev–Trinajstić information content (AvgIpc) is 2.87. The van der Waals surface area contributed by atoms with Crippen molar-refractivity contribution in [3.05, 3.63) is 29.8 Å². The van der Waals surface area contributed by atoms with Crippen LogP contribution in [0.2, 0.25) is 0 Å². The first kappa shape index (κ1) is 15.3. The minimum absolute atomic E-state index is 0.217. The average molecular weight is 302 g/mol. The van der Waals surface area contributed by atoms with Gasteiger partial charge in [-0.15, -0.1) is 0 Å². The van der Waals surface area contributed by atoms with E-state index in [1.807, 2.05) is 11.0 Å². The summed E-state index contributed by atoms with van der Waals surface area (Å²) >= 11 is 0. The Morgan fingerprint density at radius 2 is 2.18 bits per heavy atom. The summed E-state index contributed by atoms with van der Waals surface area (Å²) in [5.74, 6) is 1.77. The Labute approximate surface area is 133 Å². The number of hydrogen-bond acceptors (Lipinski definition) is 3. The molecule has 4 nitrogen and oxygen atoms in total. The Kier molecular flexibility index (Phi) is 4.67. The fourth-order valence-corrected chi connectivity index (χ4v) is 3.90. The molecule has 3 rings (SSSR count). The monoisotopic (exact) mass is 302 g/mol. The lowest BCUT2D eigenvalue weighted by Crippen LogP contribution is -2.40. The molecule has 4 heteroatoms. The molecule has 2 heterocycles. The zero-order chi connectivity index (χ0) is 15.5. The fraction of sp³-hybridized carbons (Fsp3) is 0.611. The SMILES string of the molecule is COc1cccc(CN2CCCC[C@H]3CN(C(C)=O)C[C@H]32)c1. The van der Waals surface area contributed by atoms with Crippen LogP contribution in [0.5, 0.6) is 5.75 Å². The summed E-state index contributed by atoms with van der Waals surface area (Å²) in [6.07, 6.45) is 3.79. The van der Waals surface area contributed by atoms with Crippen molar-refractivity contribution in [3.63, 3.8) is 0 Å². The van der Waals surface area contributed by atoms with E-state index in [4.69, 9.17) is 4.74 Å². The Balaban J connectivity index is 1.74. The van der Waals surface area contributed by atoms with E-state index >= 15 is 0 Å². The number of ether oxygens (including phenoxy) is 1. The highest BCUT2D eigenvalue weighted by atomic mass is 16.5.